The van der Waals surface area contributed by atoms with Gasteiger partial charge in [-0.25, -0.2) is 4.98 Å². The van der Waals surface area contributed by atoms with Gasteiger partial charge >= 0.3 is 0 Å². The molecule has 1 heterocycles. The Balaban J connectivity index is 1.29. The summed E-state index contributed by atoms with van der Waals surface area (Å²) in [6.07, 6.45) is 0.323. The molecule has 1 atom stereocenters. The summed E-state index contributed by atoms with van der Waals surface area (Å²) < 4.78 is 0. The first-order valence-corrected chi connectivity index (χ1v) is 12.7. The first-order chi connectivity index (χ1) is 16.5. The van der Waals surface area contributed by atoms with Gasteiger partial charge in [0.1, 0.15) is 0 Å². The van der Waals surface area contributed by atoms with E-state index in [1.54, 1.807) is 0 Å². The van der Waals surface area contributed by atoms with Crippen LogP contribution in [0.1, 0.15) is 12.5 Å². The minimum absolute atomic E-state index is 0.0704. The zero-order valence-corrected chi connectivity index (χ0v) is 20.7. The van der Waals surface area contributed by atoms with Gasteiger partial charge in [0.05, 0.1) is 17.4 Å². The molecule has 2 amide bonds. The van der Waals surface area contributed by atoms with E-state index in [2.05, 4.69) is 15.6 Å². The molecule has 34 heavy (non-hydrogen) atoms. The first kappa shape index (κ1) is 24.0. The van der Waals surface area contributed by atoms with Crippen LogP contribution in [-0.4, -0.2) is 22.0 Å². The summed E-state index contributed by atoms with van der Waals surface area (Å²) in [5.41, 5.74) is 3.25. The molecule has 5 nitrogen and oxygen atoms in total. The number of benzene rings is 3. The molecule has 4 rings (SSSR count). The van der Waals surface area contributed by atoms with Gasteiger partial charge in [-0.15, -0.1) is 23.1 Å². The lowest BCUT2D eigenvalue weighted by Gasteiger charge is -2.11. The highest BCUT2D eigenvalue weighted by atomic mass is 35.5. The second-order valence-corrected chi connectivity index (χ2v) is 10.2. The molecule has 172 valence electrons. The summed E-state index contributed by atoms with van der Waals surface area (Å²) in [5, 5.41) is 8.48. The maximum atomic E-state index is 12.7. The van der Waals surface area contributed by atoms with Crippen molar-refractivity contribution in [3.05, 3.63) is 94.8 Å². The predicted octanol–water partition coefficient (Wildman–Crippen LogP) is 6.76. The van der Waals surface area contributed by atoms with Crippen molar-refractivity contribution >= 4 is 57.3 Å². The van der Waals surface area contributed by atoms with Gasteiger partial charge in [0.15, 0.2) is 5.13 Å². The van der Waals surface area contributed by atoms with Crippen molar-refractivity contribution in [2.24, 2.45) is 0 Å². The summed E-state index contributed by atoms with van der Waals surface area (Å²) >= 11 is 9.04. The maximum Gasteiger partial charge on any atom is 0.239 e. The molecule has 0 radical (unpaired) electrons. The molecule has 0 saturated carbocycles. The van der Waals surface area contributed by atoms with Crippen LogP contribution >= 0.6 is 34.7 Å². The molecule has 0 aliphatic carbocycles. The van der Waals surface area contributed by atoms with Crippen LogP contribution in [0.2, 0.25) is 5.02 Å². The molecule has 1 aromatic heterocycles. The van der Waals surface area contributed by atoms with E-state index in [9.17, 15) is 9.59 Å². The van der Waals surface area contributed by atoms with Crippen LogP contribution in [0.15, 0.2) is 89.1 Å². The molecule has 1 unspecified atom stereocenters. The fourth-order valence-electron chi connectivity index (χ4n) is 3.19. The summed E-state index contributed by atoms with van der Waals surface area (Å²) in [4.78, 5) is 30.3. The van der Waals surface area contributed by atoms with E-state index in [1.165, 1.54) is 23.1 Å². The summed E-state index contributed by atoms with van der Waals surface area (Å²) in [5.74, 6) is -0.204. The number of carbonyl (C=O) groups is 2. The quantitative estimate of drug-likeness (QED) is 0.258. The van der Waals surface area contributed by atoms with Crippen molar-refractivity contribution in [3.63, 3.8) is 0 Å². The first-order valence-electron chi connectivity index (χ1n) is 10.6. The van der Waals surface area contributed by atoms with Crippen molar-refractivity contribution in [2.45, 2.75) is 23.5 Å². The van der Waals surface area contributed by atoms with Crippen LogP contribution in [-0.2, 0) is 16.0 Å². The molecule has 0 fully saturated rings. The van der Waals surface area contributed by atoms with Crippen molar-refractivity contribution in [3.8, 4) is 11.3 Å². The highest BCUT2D eigenvalue weighted by Gasteiger charge is 2.17. The van der Waals surface area contributed by atoms with Crippen LogP contribution in [0, 0.1) is 0 Å². The fraction of sp³-hybridized carbons (Fsp3) is 0.115. The molecule has 0 aliphatic heterocycles. The van der Waals surface area contributed by atoms with Gasteiger partial charge in [-0.2, -0.15) is 0 Å². The number of amides is 2. The number of hydrogen-bond donors (Lipinski definition) is 2. The normalized spacial score (nSPS) is 11.6. The number of halogens is 1. The second-order valence-electron chi connectivity index (χ2n) is 7.50. The van der Waals surface area contributed by atoms with Crippen molar-refractivity contribution in [1.82, 2.24) is 4.98 Å². The SMILES string of the molecule is CC(Sc1ccc(NC(=O)Cc2ccccc2)cc1)C(=O)Nc1nc(-c2ccccc2Cl)cs1. The van der Waals surface area contributed by atoms with E-state index < -0.39 is 0 Å². The molecule has 3 aromatic carbocycles. The van der Waals surface area contributed by atoms with E-state index in [1.807, 2.05) is 91.2 Å². The maximum absolute atomic E-state index is 12.7. The van der Waals surface area contributed by atoms with Gasteiger partial charge in [-0.3, -0.25) is 9.59 Å². The smallest absolute Gasteiger partial charge is 0.239 e. The number of hydrogen-bond acceptors (Lipinski definition) is 5. The number of aromatic nitrogens is 1. The molecule has 4 aromatic rings. The van der Waals surface area contributed by atoms with E-state index in [0.29, 0.717) is 16.6 Å². The minimum Gasteiger partial charge on any atom is -0.326 e. The van der Waals surface area contributed by atoms with Crippen LogP contribution < -0.4 is 10.6 Å². The van der Waals surface area contributed by atoms with Crippen LogP contribution in [0.3, 0.4) is 0 Å². The Morgan fingerprint density at radius 3 is 2.41 bits per heavy atom. The lowest BCUT2D eigenvalue weighted by Crippen LogP contribution is -2.22. The van der Waals surface area contributed by atoms with Gasteiger partial charge in [-0.05, 0) is 42.8 Å². The Kier molecular flexibility index (Phi) is 8.00. The number of nitrogens with one attached hydrogen (secondary N) is 2. The summed E-state index contributed by atoms with van der Waals surface area (Å²) in [6.45, 7) is 1.85. The van der Waals surface area contributed by atoms with Crippen molar-refractivity contribution < 1.29 is 9.59 Å². The van der Waals surface area contributed by atoms with Crippen LogP contribution in [0.25, 0.3) is 11.3 Å². The Morgan fingerprint density at radius 2 is 1.68 bits per heavy atom. The van der Waals surface area contributed by atoms with Gasteiger partial charge in [0, 0.05) is 26.5 Å². The molecule has 0 aliphatic rings. The van der Waals surface area contributed by atoms with Crippen molar-refractivity contribution in [1.29, 1.82) is 0 Å². The van der Waals surface area contributed by atoms with Gasteiger partial charge in [0.25, 0.3) is 0 Å². The number of thioether (sulfide) groups is 1. The third-order valence-electron chi connectivity index (χ3n) is 4.91. The topological polar surface area (TPSA) is 71.1 Å². The van der Waals surface area contributed by atoms with E-state index in [4.69, 9.17) is 11.6 Å². The zero-order chi connectivity index (χ0) is 23.9. The van der Waals surface area contributed by atoms with E-state index in [-0.39, 0.29) is 17.1 Å². The van der Waals surface area contributed by atoms with Crippen molar-refractivity contribution in [2.75, 3.05) is 10.6 Å². The Labute approximate surface area is 211 Å². The number of nitrogens with zero attached hydrogens (tertiary/aromatic N) is 1. The Hall–Kier alpha value is -3.13. The monoisotopic (exact) mass is 507 g/mol. The van der Waals surface area contributed by atoms with E-state index >= 15 is 0 Å². The zero-order valence-electron chi connectivity index (χ0n) is 18.3. The lowest BCUT2D eigenvalue weighted by atomic mass is 10.1. The summed E-state index contributed by atoms with van der Waals surface area (Å²) in [7, 11) is 0. The number of carbonyl (C=O) groups excluding carboxylic acids is 2. The fourth-order valence-corrected chi connectivity index (χ4v) is 5.01. The molecular formula is C26H22ClN3O2S2. The van der Waals surface area contributed by atoms with Gasteiger partial charge < -0.3 is 10.6 Å². The van der Waals surface area contributed by atoms with Gasteiger partial charge in [0.2, 0.25) is 11.8 Å². The molecular weight excluding hydrogens is 486 g/mol. The molecule has 2 N–H and O–H groups in total. The lowest BCUT2D eigenvalue weighted by molar-refractivity contribution is -0.116. The van der Waals surface area contributed by atoms with Crippen LogP contribution in [0.4, 0.5) is 10.8 Å². The summed E-state index contributed by atoms with van der Waals surface area (Å²) in [6, 6.07) is 24.6. The average Bonchev–Trinajstić information content (AvgIpc) is 3.29. The van der Waals surface area contributed by atoms with Crippen LogP contribution in [0.5, 0.6) is 0 Å². The van der Waals surface area contributed by atoms with Gasteiger partial charge in [-0.1, -0.05) is 60.1 Å². The second kappa shape index (κ2) is 11.3. The molecule has 0 bridgehead atoms. The molecule has 0 saturated heterocycles. The standard InChI is InChI=1S/C26H22ClN3O2S2/c1-17(25(32)30-26-29-23(16-33-26)21-9-5-6-10-22(21)27)34-20-13-11-19(12-14-20)28-24(31)15-18-7-3-2-4-8-18/h2-14,16-17H,15H2,1H3,(H,28,31)(H,29,30,32). The number of rotatable bonds is 8. The number of thiazole rings is 1. The minimum atomic E-state index is -0.328. The largest absolute Gasteiger partial charge is 0.326 e. The third-order valence-corrected chi connectivity index (χ3v) is 7.11. The predicted molar refractivity (Wildman–Crippen MR) is 142 cm³/mol. The van der Waals surface area contributed by atoms with E-state index in [0.717, 1.165) is 27.4 Å². The third kappa shape index (κ3) is 6.47. The molecule has 0 spiro atoms. The highest BCUT2D eigenvalue weighted by Crippen LogP contribution is 2.31. The number of anilines is 2. The molecule has 8 heteroatoms. The Bertz CT molecular complexity index is 1280. The highest BCUT2D eigenvalue weighted by molar-refractivity contribution is 8.00. The Morgan fingerprint density at radius 1 is 0.971 bits per heavy atom. The average molecular weight is 508 g/mol.